The van der Waals surface area contributed by atoms with Crippen molar-refractivity contribution in [3.05, 3.63) is 90.0 Å². The molecule has 2 aromatic carbocycles. The second-order valence-corrected chi connectivity index (χ2v) is 5.17. The number of nitrogens with zero attached hydrogens (tertiary/aromatic N) is 1. The topological polar surface area (TPSA) is 61.7 Å². The Morgan fingerprint density at radius 3 is 2.33 bits per heavy atom. The number of hydrazone groups is 1. The summed E-state index contributed by atoms with van der Waals surface area (Å²) in [5, 5.41) is 13.9. The molecule has 0 unspecified atom stereocenters. The van der Waals surface area contributed by atoms with Gasteiger partial charge in [-0.05, 0) is 24.1 Å². The molecule has 4 heteroatoms. The molecule has 0 radical (unpaired) electrons. The molecule has 0 heterocycles. The van der Waals surface area contributed by atoms with Gasteiger partial charge in [-0.25, -0.2) is 5.43 Å². The average molecular weight is 320 g/mol. The lowest BCUT2D eigenvalue weighted by molar-refractivity contribution is -0.129. The first-order valence-electron chi connectivity index (χ1n) is 7.64. The minimum atomic E-state index is -1.23. The van der Waals surface area contributed by atoms with Crippen LogP contribution in [0.3, 0.4) is 0 Å². The quantitative estimate of drug-likeness (QED) is 0.486. The fourth-order valence-corrected chi connectivity index (χ4v) is 1.95. The van der Waals surface area contributed by atoms with Gasteiger partial charge < -0.3 is 5.11 Å². The Balaban J connectivity index is 1.86. The summed E-state index contributed by atoms with van der Waals surface area (Å²) in [6, 6.07) is 18.7. The number of allylic oxidation sites excluding steroid dienone is 3. The van der Waals surface area contributed by atoms with Crippen molar-refractivity contribution in [2.75, 3.05) is 0 Å². The standard InChI is InChI=1S/C20H20N2O2/c1-16(10-8-9-13-17-11-4-2-5-12-17)21-22-20(24)19(23)18-14-6-3-7-15-18/h2-15,19,23H,1H3,(H,22,24)/b10-8+,13-9+,21-16+/t19-/m0/s1. The number of nitrogens with one attached hydrogen (secondary N) is 1. The van der Waals surface area contributed by atoms with Gasteiger partial charge in [0.15, 0.2) is 6.10 Å². The van der Waals surface area contributed by atoms with Crippen LogP contribution >= 0.6 is 0 Å². The maximum absolute atomic E-state index is 11.9. The van der Waals surface area contributed by atoms with Gasteiger partial charge in [0.25, 0.3) is 5.91 Å². The second-order valence-electron chi connectivity index (χ2n) is 5.17. The number of amides is 1. The monoisotopic (exact) mass is 320 g/mol. The number of hydrogen-bond acceptors (Lipinski definition) is 3. The molecule has 0 saturated heterocycles. The van der Waals surface area contributed by atoms with Crippen LogP contribution in [-0.4, -0.2) is 16.7 Å². The van der Waals surface area contributed by atoms with Crippen molar-refractivity contribution in [3.8, 4) is 0 Å². The normalized spacial score (nSPS) is 13.3. The molecule has 0 aromatic heterocycles. The maximum atomic E-state index is 11.9. The first-order valence-corrected chi connectivity index (χ1v) is 7.64. The zero-order chi connectivity index (χ0) is 17.2. The van der Waals surface area contributed by atoms with Crippen LogP contribution in [0.2, 0.25) is 0 Å². The van der Waals surface area contributed by atoms with Gasteiger partial charge in [0.2, 0.25) is 0 Å². The molecule has 122 valence electrons. The number of aliphatic hydroxyl groups excluding tert-OH is 1. The predicted octanol–water partition coefficient (Wildman–Crippen LogP) is 3.48. The number of carbonyl (C=O) groups is 1. The molecule has 1 atom stereocenters. The van der Waals surface area contributed by atoms with Gasteiger partial charge in [-0.1, -0.05) is 78.9 Å². The molecule has 0 aliphatic heterocycles. The summed E-state index contributed by atoms with van der Waals surface area (Å²) in [4.78, 5) is 11.9. The van der Waals surface area contributed by atoms with Crippen LogP contribution < -0.4 is 5.43 Å². The zero-order valence-corrected chi connectivity index (χ0v) is 13.5. The van der Waals surface area contributed by atoms with E-state index in [1.165, 1.54) is 0 Å². The first kappa shape index (κ1) is 17.4. The van der Waals surface area contributed by atoms with E-state index in [2.05, 4.69) is 10.5 Å². The molecule has 0 bridgehead atoms. The van der Waals surface area contributed by atoms with Gasteiger partial charge in [0, 0.05) is 0 Å². The Labute approximate surface area is 141 Å². The number of rotatable bonds is 6. The van der Waals surface area contributed by atoms with Crippen LogP contribution in [0.15, 0.2) is 84.0 Å². The average Bonchev–Trinajstić information content (AvgIpc) is 2.64. The summed E-state index contributed by atoms with van der Waals surface area (Å²) >= 11 is 0. The molecule has 0 saturated carbocycles. The lowest BCUT2D eigenvalue weighted by Crippen LogP contribution is -2.25. The van der Waals surface area contributed by atoms with Crippen molar-refractivity contribution in [3.63, 3.8) is 0 Å². The number of benzene rings is 2. The number of carbonyl (C=O) groups excluding carboxylic acids is 1. The largest absolute Gasteiger partial charge is 0.378 e. The van der Waals surface area contributed by atoms with Gasteiger partial charge in [-0.2, -0.15) is 5.10 Å². The number of hydrogen-bond donors (Lipinski definition) is 2. The van der Waals surface area contributed by atoms with E-state index in [4.69, 9.17) is 0 Å². The Morgan fingerprint density at radius 2 is 1.67 bits per heavy atom. The molecular weight excluding hydrogens is 300 g/mol. The van der Waals surface area contributed by atoms with Gasteiger partial charge in [0.05, 0.1) is 5.71 Å². The van der Waals surface area contributed by atoms with Crippen molar-refractivity contribution in [2.45, 2.75) is 13.0 Å². The van der Waals surface area contributed by atoms with Crippen LogP contribution in [0.25, 0.3) is 6.08 Å². The van der Waals surface area contributed by atoms with Crippen LogP contribution in [0.1, 0.15) is 24.2 Å². The van der Waals surface area contributed by atoms with Gasteiger partial charge >= 0.3 is 0 Å². The van der Waals surface area contributed by atoms with E-state index in [-0.39, 0.29) is 0 Å². The lowest BCUT2D eigenvalue weighted by Gasteiger charge is -2.08. The molecule has 24 heavy (non-hydrogen) atoms. The Hall–Kier alpha value is -2.98. The van der Waals surface area contributed by atoms with Crippen molar-refractivity contribution in [2.24, 2.45) is 5.10 Å². The fraction of sp³-hybridized carbons (Fsp3) is 0.100. The van der Waals surface area contributed by atoms with Crippen molar-refractivity contribution in [1.82, 2.24) is 5.43 Å². The summed E-state index contributed by atoms with van der Waals surface area (Å²) in [7, 11) is 0. The van der Waals surface area contributed by atoms with Gasteiger partial charge in [0.1, 0.15) is 0 Å². The fourth-order valence-electron chi connectivity index (χ4n) is 1.95. The van der Waals surface area contributed by atoms with E-state index in [1.807, 2.05) is 54.6 Å². The molecule has 0 aliphatic carbocycles. The molecule has 0 fully saturated rings. The first-order chi connectivity index (χ1) is 11.7. The highest BCUT2D eigenvalue weighted by Crippen LogP contribution is 2.11. The van der Waals surface area contributed by atoms with E-state index >= 15 is 0 Å². The Bertz CT molecular complexity index is 735. The van der Waals surface area contributed by atoms with Crippen molar-refractivity contribution >= 4 is 17.7 Å². The van der Waals surface area contributed by atoms with E-state index in [1.54, 1.807) is 37.3 Å². The molecule has 2 N–H and O–H groups in total. The Morgan fingerprint density at radius 1 is 1.04 bits per heavy atom. The molecule has 1 amide bonds. The van der Waals surface area contributed by atoms with E-state index < -0.39 is 12.0 Å². The summed E-state index contributed by atoms with van der Waals surface area (Å²) in [5.74, 6) is -0.561. The Kier molecular flexibility index (Phi) is 6.68. The third-order valence-corrected chi connectivity index (χ3v) is 3.24. The van der Waals surface area contributed by atoms with Crippen molar-refractivity contribution in [1.29, 1.82) is 0 Å². The van der Waals surface area contributed by atoms with E-state index in [0.29, 0.717) is 11.3 Å². The molecule has 2 aromatic rings. The number of aliphatic hydroxyl groups is 1. The molecule has 2 rings (SSSR count). The van der Waals surface area contributed by atoms with Crippen LogP contribution in [0, 0.1) is 0 Å². The summed E-state index contributed by atoms with van der Waals surface area (Å²) in [5.41, 5.74) is 4.63. The maximum Gasteiger partial charge on any atom is 0.273 e. The van der Waals surface area contributed by atoms with Crippen LogP contribution in [0.5, 0.6) is 0 Å². The highest BCUT2D eigenvalue weighted by Gasteiger charge is 2.15. The SMILES string of the molecule is CC(/C=C/C=C/c1ccccc1)=N\NC(=O)[C@@H](O)c1ccccc1. The van der Waals surface area contributed by atoms with Crippen molar-refractivity contribution < 1.29 is 9.90 Å². The zero-order valence-electron chi connectivity index (χ0n) is 13.5. The van der Waals surface area contributed by atoms with Gasteiger partial charge in [-0.15, -0.1) is 0 Å². The third-order valence-electron chi connectivity index (χ3n) is 3.24. The smallest absolute Gasteiger partial charge is 0.273 e. The molecule has 4 nitrogen and oxygen atoms in total. The van der Waals surface area contributed by atoms with Crippen LogP contribution in [-0.2, 0) is 4.79 Å². The summed E-state index contributed by atoms with van der Waals surface area (Å²) in [6.45, 7) is 1.77. The minimum Gasteiger partial charge on any atom is -0.378 e. The van der Waals surface area contributed by atoms with Gasteiger partial charge in [-0.3, -0.25) is 4.79 Å². The highest BCUT2D eigenvalue weighted by molar-refractivity contribution is 5.94. The second kappa shape index (κ2) is 9.22. The minimum absolute atomic E-state index is 0.532. The molecule has 0 aliphatic rings. The van der Waals surface area contributed by atoms with E-state index in [9.17, 15) is 9.90 Å². The third kappa shape index (κ3) is 5.66. The predicted molar refractivity (Wildman–Crippen MR) is 97.3 cm³/mol. The van der Waals surface area contributed by atoms with E-state index in [0.717, 1.165) is 5.56 Å². The summed E-state index contributed by atoms with van der Waals surface area (Å²) < 4.78 is 0. The van der Waals surface area contributed by atoms with Crippen LogP contribution in [0.4, 0.5) is 0 Å². The lowest BCUT2D eigenvalue weighted by atomic mass is 10.1. The summed E-state index contributed by atoms with van der Waals surface area (Å²) in [6.07, 6.45) is 6.25. The molecular formula is C20H20N2O2. The molecule has 0 spiro atoms. The highest BCUT2D eigenvalue weighted by atomic mass is 16.3.